The highest BCUT2D eigenvalue weighted by atomic mass is 127. The van der Waals surface area contributed by atoms with Crippen LogP contribution in [-0.4, -0.2) is 24.2 Å². The molecule has 3 aromatic carbocycles. The van der Waals surface area contributed by atoms with Gasteiger partial charge in [0.25, 0.3) is 11.8 Å². The van der Waals surface area contributed by atoms with Gasteiger partial charge in [0.05, 0.1) is 16.9 Å². The van der Waals surface area contributed by atoms with Gasteiger partial charge in [0.15, 0.2) is 5.82 Å². The van der Waals surface area contributed by atoms with Crippen molar-refractivity contribution in [3.8, 4) is 0 Å². The molecule has 0 saturated heterocycles. The SMILES string of the molecule is Cc1cc(C(F)(C(F)(F)F)C(F)(F)F)cc(I)c1NC(=O)c1cccc(NC(=O)c2ccccc2)c1F. The molecular formula is C24H15F8IN2O2. The lowest BCUT2D eigenvalue weighted by molar-refractivity contribution is -0.348. The van der Waals surface area contributed by atoms with Crippen molar-refractivity contribution in [2.45, 2.75) is 24.9 Å². The van der Waals surface area contributed by atoms with E-state index in [0.29, 0.717) is 12.1 Å². The second-order valence-electron chi connectivity index (χ2n) is 7.75. The van der Waals surface area contributed by atoms with E-state index in [1.165, 1.54) is 46.9 Å². The van der Waals surface area contributed by atoms with Crippen LogP contribution in [-0.2, 0) is 5.67 Å². The van der Waals surface area contributed by atoms with Crippen LogP contribution in [0.3, 0.4) is 0 Å². The molecule has 2 amide bonds. The molecule has 0 unspecified atom stereocenters. The topological polar surface area (TPSA) is 58.2 Å². The summed E-state index contributed by atoms with van der Waals surface area (Å²) in [6, 6.07) is 11.9. The van der Waals surface area contributed by atoms with Gasteiger partial charge < -0.3 is 10.6 Å². The van der Waals surface area contributed by atoms with Crippen LogP contribution in [0.5, 0.6) is 0 Å². The predicted molar refractivity (Wildman–Crippen MR) is 128 cm³/mol. The second-order valence-corrected chi connectivity index (χ2v) is 8.91. The van der Waals surface area contributed by atoms with Gasteiger partial charge in [-0.2, -0.15) is 26.3 Å². The van der Waals surface area contributed by atoms with Crippen molar-refractivity contribution in [1.29, 1.82) is 0 Å². The Morgan fingerprint density at radius 1 is 0.784 bits per heavy atom. The van der Waals surface area contributed by atoms with Crippen LogP contribution in [0.25, 0.3) is 0 Å². The summed E-state index contributed by atoms with van der Waals surface area (Å²) in [4.78, 5) is 25.1. The van der Waals surface area contributed by atoms with Crippen molar-refractivity contribution in [3.63, 3.8) is 0 Å². The largest absolute Gasteiger partial charge is 0.435 e. The Bertz CT molecular complexity index is 1300. The number of rotatable bonds is 5. The molecule has 0 spiro atoms. The van der Waals surface area contributed by atoms with Crippen LogP contribution >= 0.6 is 22.6 Å². The molecule has 2 N–H and O–H groups in total. The molecule has 0 aliphatic heterocycles. The lowest BCUT2D eigenvalue weighted by Gasteiger charge is -2.31. The van der Waals surface area contributed by atoms with E-state index in [-0.39, 0.29) is 26.1 Å². The number of hydrogen-bond donors (Lipinski definition) is 2. The Labute approximate surface area is 218 Å². The van der Waals surface area contributed by atoms with Crippen molar-refractivity contribution in [3.05, 3.63) is 92.3 Å². The van der Waals surface area contributed by atoms with E-state index in [1.807, 2.05) is 0 Å². The lowest BCUT2D eigenvalue weighted by Crippen LogP contribution is -2.50. The maximum Gasteiger partial charge on any atom is 0.435 e. The Morgan fingerprint density at radius 2 is 1.38 bits per heavy atom. The summed E-state index contributed by atoms with van der Waals surface area (Å²) in [5, 5.41) is 4.53. The average Bonchev–Trinajstić information content (AvgIpc) is 2.81. The summed E-state index contributed by atoms with van der Waals surface area (Å²) < 4.78 is 108. The van der Waals surface area contributed by atoms with Crippen LogP contribution < -0.4 is 10.6 Å². The first-order valence-electron chi connectivity index (χ1n) is 10.2. The van der Waals surface area contributed by atoms with E-state index in [9.17, 15) is 40.3 Å². The highest BCUT2D eigenvalue weighted by Gasteiger charge is 2.73. The summed E-state index contributed by atoms with van der Waals surface area (Å²) in [6.45, 7) is 1.06. The number of nitrogens with one attached hydrogen (secondary N) is 2. The average molecular weight is 642 g/mol. The van der Waals surface area contributed by atoms with Crippen LogP contribution in [0.1, 0.15) is 31.8 Å². The summed E-state index contributed by atoms with van der Waals surface area (Å²) in [6.07, 6.45) is -12.6. The fourth-order valence-electron chi connectivity index (χ4n) is 3.36. The standard InChI is InChI=1S/C24H15F8IN2O2/c1-12-10-14(22(26,23(27,28)29)24(30,31)32)11-16(33)19(12)35-21(37)15-8-5-9-17(18(15)25)34-20(36)13-6-3-2-4-7-13/h2-11H,1H3,(H,34,36)(H,35,37). The van der Waals surface area contributed by atoms with Crippen molar-refractivity contribution >= 4 is 45.8 Å². The fourth-order valence-corrected chi connectivity index (χ4v) is 4.25. The molecule has 0 heterocycles. The van der Waals surface area contributed by atoms with Crippen molar-refractivity contribution in [2.75, 3.05) is 10.6 Å². The van der Waals surface area contributed by atoms with Gasteiger partial charge in [-0.15, -0.1) is 0 Å². The van der Waals surface area contributed by atoms with Crippen LogP contribution in [0.2, 0.25) is 0 Å². The van der Waals surface area contributed by atoms with E-state index >= 15 is 4.39 Å². The third-order valence-electron chi connectivity index (χ3n) is 5.23. The molecule has 3 rings (SSSR count). The van der Waals surface area contributed by atoms with Crippen LogP contribution in [0.15, 0.2) is 60.7 Å². The quantitative estimate of drug-likeness (QED) is 0.224. The lowest BCUT2D eigenvalue weighted by atomic mass is 9.92. The summed E-state index contributed by atoms with van der Waals surface area (Å²) >= 11 is 1.33. The summed E-state index contributed by atoms with van der Waals surface area (Å²) in [7, 11) is 0. The van der Waals surface area contributed by atoms with E-state index in [4.69, 9.17) is 0 Å². The van der Waals surface area contributed by atoms with Crippen molar-refractivity contribution < 1.29 is 44.7 Å². The molecule has 0 aliphatic rings. The zero-order valence-electron chi connectivity index (χ0n) is 18.5. The molecule has 0 aromatic heterocycles. The molecule has 37 heavy (non-hydrogen) atoms. The van der Waals surface area contributed by atoms with Crippen LogP contribution in [0.4, 0.5) is 46.5 Å². The van der Waals surface area contributed by atoms with Gasteiger partial charge in [0, 0.05) is 14.7 Å². The smallest absolute Gasteiger partial charge is 0.321 e. The van der Waals surface area contributed by atoms with Gasteiger partial charge in [-0.25, -0.2) is 8.78 Å². The number of halogens is 9. The molecule has 0 aliphatic carbocycles. The number of amides is 2. The van der Waals surface area contributed by atoms with E-state index in [1.54, 1.807) is 18.2 Å². The summed E-state index contributed by atoms with van der Waals surface area (Å²) in [5.74, 6) is -2.91. The van der Waals surface area contributed by atoms with E-state index in [0.717, 1.165) is 13.0 Å². The van der Waals surface area contributed by atoms with E-state index < -0.39 is 46.8 Å². The zero-order chi connectivity index (χ0) is 27.8. The van der Waals surface area contributed by atoms with E-state index in [2.05, 4.69) is 10.6 Å². The molecule has 0 atom stereocenters. The first kappa shape index (κ1) is 28.3. The molecule has 0 saturated carbocycles. The van der Waals surface area contributed by atoms with Crippen LogP contribution in [0, 0.1) is 16.3 Å². The second kappa shape index (κ2) is 10.3. The van der Waals surface area contributed by atoms with Gasteiger partial charge in [0.1, 0.15) is 0 Å². The highest BCUT2D eigenvalue weighted by Crippen LogP contribution is 2.54. The Balaban J connectivity index is 1.92. The first-order valence-corrected chi connectivity index (χ1v) is 11.2. The molecular weight excluding hydrogens is 627 g/mol. The number of hydrogen-bond acceptors (Lipinski definition) is 2. The minimum atomic E-state index is -6.31. The molecule has 0 bridgehead atoms. The number of carbonyl (C=O) groups excluding carboxylic acids is 2. The number of aryl methyl sites for hydroxylation is 1. The number of benzene rings is 3. The molecule has 196 valence electrons. The number of anilines is 2. The molecule has 4 nitrogen and oxygen atoms in total. The maximum absolute atomic E-state index is 15.0. The van der Waals surface area contributed by atoms with Crippen molar-refractivity contribution in [2.24, 2.45) is 0 Å². The fraction of sp³-hybridized carbons (Fsp3) is 0.167. The minimum Gasteiger partial charge on any atom is -0.321 e. The third-order valence-corrected chi connectivity index (χ3v) is 6.08. The molecule has 0 radical (unpaired) electrons. The normalized spacial score (nSPS) is 12.3. The third kappa shape index (κ3) is 5.55. The summed E-state index contributed by atoms with van der Waals surface area (Å²) in [5.41, 5.74) is -8.66. The molecule has 13 heteroatoms. The monoisotopic (exact) mass is 642 g/mol. The predicted octanol–water partition coefficient (Wildman–Crippen LogP) is 7.53. The van der Waals surface area contributed by atoms with Gasteiger partial charge in [-0.3, -0.25) is 9.59 Å². The number of carbonyl (C=O) groups is 2. The Hall–Kier alpha value is -3.23. The first-order chi connectivity index (χ1) is 17.1. The van der Waals surface area contributed by atoms with Gasteiger partial charge in [-0.05, 0) is 65.4 Å². The molecule has 0 fully saturated rings. The maximum atomic E-state index is 15.0. The Kier molecular flexibility index (Phi) is 7.86. The van der Waals surface area contributed by atoms with Gasteiger partial charge >= 0.3 is 18.0 Å². The zero-order valence-corrected chi connectivity index (χ0v) is 20.6. The van der Waals surface area contributed by atoms with Crippen molar-refractivity contribution in [1.82, 2.24) is 0 Å². The van der Waals surface area contributed by atoms with Gasteiger partial charge in [-0.1, -0.05) is 30.3 Å². The minimum absolute atomic E-state index is 0.212. The highest BCUT2D eigenvalue weighted by molar-refractivity contribution is 14.1. The Morgan fingerprint density at radius 3 is 1.92 bits per heavy atom. The van der Waals surface area contributed by atoms with Gasteiger partial charge in [0.2, 0.25) is 0 Å². The number of alkyl halides is 7. The molecule has 3 aromatic rings.